The van der Waals surface area contributed by atoms with Gasteiger partial charge in [0.05, 0.1) is 0 Å². The fraction of sp³-hybridized carbons (Fsp3) is 0.0667. The Balaban J connectivity index is 1.98. The number of para-hydroxylation sites is 1. The Kier molecular flexibility index (Phi) is 3.07. The minimum atomic E-state index is 0.142. The second-order valence-corrected chi connectivity index (χ2v) is 4.96. The van der Waals surface area contributed by atoms with Crippen molar-refractivity contribution >= 4 is 21.6 Å². The van der Waals surface area contributed by atoms with Crippen molar-refractivity contribution in [2.24, 2.45) is 0 Å². The van der Waals surface area contributed by atoms with Gasteiger partial charge in [-0.15, -0.1) is 0 Å². The van der Waals surface area contributed by atoms with Crippen LogP contribution in [0, 0.1) is 0 Å². The number of nitrogens with one attached hydrogen (secondary N) is 1. The molecule has 0 saturated carbocycles. The maximum Gasteiger partial charge on any atom is 0.130 e. The molecule has 2 nitrogen and oxygen atoms in total. The largest absolute Gasteiger partial charge is 0.365 e. The van der Waals surface area contributed by atoms with Crippen molar-refractivity contribution in [1.29, 1.82) is 0 Å². The number of hydrogen-bond donors (Lipinski definition) is 1. The molecule has 3 rings (SSSR count). The average Bonchev–Trinajstić information content (AvgIpc) is 2.83. The van der Waals surface area contributed by atoms with Crippen molar-refractivity contribution in [3.05, 3.63) is 77.0 Å². The molecule has 1 atom stereocenters. The Bertz CT molecular complexity index is 551. The number of benzene rings is 2. The third-order valence-corrected chi connectivity index (χ3v) is 3.61. The molecule has 0 aliphatic carbocycles. The van der Waals surface area contributed by atoms with Crippen LogP contribution in [0.15, 0.2) is 71.5 Å². The minimum Gasteiger partial charge on any atom is -0.365 e. The summed E-state index contributed by atoms with van der Waals surface area (Å²) in [4.78, 5) is 2.23. The predicted octanol–water partition coefficient (Wildman–Crippen LogP) is 3.99. The van der Waals surface area contributed by atoms with E-state index < -0.39 is 0 Å². The monoisotopic (exact) mass is 300 g/mol. The number of halogens is 1. The van der Waals surface area contributed by atoms with Crippen molar-refractivity contribution in [2.75, 3.05) is 4.90 Å². The van der Waals surface area contributed by atoms with Crippen LogP contribution in [-0.4, -0.2) is 0 Å². The van der Waals surface area contributed by atoms with Gasteiger partial charge < -0.3 is 10.2 Å². The van der Waals surface area contributed by atoms with Crippen molar-refractivity contribution in [2.45, 2.75) is 6.17 Å². The first-order chi connectivity index (χ1) is 8.86. The molecular weight excluding hydrogens is 288 g/mol. The Morgan fingerprint density at radius 3 is 2.17 bits per heavy atom. The van der Waals surface area contributed by atoms with Gasteiger partial charge in [0.1, 0.15) is 10.8 Å². The van der Waals surface area contributed by atoms with E-state index in [4.69, 9.17) is 0 Å². The van der Waals surface area contributed by atoms with Crippen molar-refractivity contribution in [1.82, 2.24) is 5.32 Å². The molecule has 1 aliphatic rings. The second-order valence-electron chi connectivity index (χ2n) is 4.15. The lowest BCUT2D eigenvalue weighted by Gasteiger charge is -2.27. The highest BCUT2D eigenvalue weighted by Gasteiger charge is 2.26. The fourth-order valence-corrected chi connectivity index (χ4v) is 2.70. The Hall–Kier alpha value is -1.74. The molecule has 0 bridgehead atoms. The molecule has 1 aliphatic heterocycles. The van der Waals surface area contributed by atoms with Gasteiger partial charge in [0.25, 0.3) is 0 Å². The van der Waals surface area contributed by atoms with E-state index in [2.05, 4.69) is 74.7 Å². The van der Waals surface area contributed by atoms with E-state index in [0.29, 0.717) is 0 Å². The first kappa shape index (κ1) is 11.4. The summed E-state index contributed by atoms with van der Waals surface area (Å²) < 4.78 is 1.04. The highest BCUT2D eigenvalue weighted by atomic mass is 79.9. The summed E-state index contributed by atoms with van der Waals surface area (Å²) in [6.45, 7) is 0. The van der Waals surface area contributed by atoms with Gasteiger partial charge in [0, 0.05) is 11.9 Å². The van der Waals surface area contributed by atoms with Gasteiger partial charge in [-0.1, -0.05) is 48.5 Å². The molecule has 2 aromatic rings. The maximum absolute atomic E-state index is 3.60. The maximum atomic E-state index is 3.60. The van der Waals surface area contributed by atoms with E-state index >= 15 is 0 Å². The average molecular weight is 301 g/mol. The zero-order valence-electron chi connectivity index (χ0n) is 9.75. The number of nitrogens with zero attached hydrogens (tertiary/aromatic N) is 1. The number of hydrogen-bond acceptors (Lipinski definition) is 2. The first-order valence-corrected chi connectivity index (χ1v) is 6.66. The molecule has 0 spiro atoms. The van der Waals surface area contributed by atoms with Crippen molar-refractivity contribution < 1.29 is 0 Å². The van der Waals surface area contributed by atoms with E-state index in [1.54, 1.807) is 0 Å². The zero-order chi connectivity index (χ0) is 12.4. The molecule has 0 radical (unpaired) electrons. The normalized spacial score (nSPS) is 18.4. The zero-order valence-corrected chi connectivity index (χ0v) is 11.3. The molecule has 0 saturated heterocycles. The van der Waals surface area contributed by atoms with E-state index in [0.717, 1.165) is 4.61 Å². The van der Waals surface area contributed by atoms with Crippen LogP contribution >= 0.6 is 15.9 Å². The Morgan fingerprint density at radius 2 is 1.50 bits per heavy atom. The molecule has 0 amide bonds. The van der Waals surface area contributed by atoms with Crippen molar-refractivity contribution in [3.63, 3.8) is 0 Å². The molecule has 90 valence electrons. The van der Waals surface area contributed by atoms with E-state index in [-0.39, 0.29) is 6.17 Å². The quantitative estimate of drug-likeness (QED) is 0.844. The van der Waals surface area contributed by atoms with Crippen molar-refractivity contribution in [3.8, 4) is 0 Å². The molecule has 2 aromatic carbocycles. The van der Waals surface area contributed by atoms with Gasteiger partial charge in [0.2, 0.25) is 0 Å². The summed E-state index contributed by atoms with van der Waals surface area (Å²) in [6.07, 6.45) is 2.13. The van der Waals surface area contributed by atoms with Crippen LogP contribution in [0.1, 0.15) is 11.7 Å². The summed E-state index contributed by atoms with van der Waals surface area (Å²) in [5.74, 6) is 0. The van der Waals surface area contributed by atoms with Gasteiger partial charge in [-0.05, 0) is 33.6 Å². The van der Waals surface area contributed by atoms with Crippen LogP contribution in [0.5, 0.6) is 0 Å². The van der Waals surface area contributed by atoms with Crippen LogP contribution in [0.2, 0.25) is 0 Å². The van der Waals surface area contributed by atoms with Crippen LogP contribution in [0.25, 0.3) is 0 Å². The lowest BCUT2D eigenvalue weighted by Crippen LogP contribution is -2.27. The second kappa shape index (κ2) is 4.86. The summed E-state index contributed by atoms with van der Waals surface area (Å²) in [6, 6.07) is 20.8. The smallest absolute Gasteiger partial charge is 0.130 e. The molecule has 0 aromatic heterocycles. The molecule has 3 heteroatoms. The molecule has 1 heterocycles. The molecular formula is C15H13BrN2. The van der Waals surface area contributed by atoms with Crippen LogP contribution < -0.4 is 10.2 Å². The lowest BCUT2D eigenvalue weighted by atomic mass is 10.1. The predicted molar refractivity (Wildman–Crippen MR) is 78.2 cm³/mol. The van der Waals surface area contributed by atoms with Gasteiger partial charge in [-0.2, -0.15) is 0 Å². The number of anilines is 1. The third-order valence-electron chi connectivity index (χ3n) is 3.00. The van der Waals surface area contributed by atoms with E-state index in [1.807, 2.05) is 18.3 Å². The summed E-state index contributed by atoms with van der Waals surface area (Å²) in [7, 11) is 0. The summed E-state index contributed by atoms with van der Waals surface area (Å²) in [5, 5.41) is 3.39. The van der Waals surface area contributed by atoms with E-state index in [1.165, 1.54) is 11.3 Å². The van der Waals surface area contributed by atoms with Crippen LogP contribution in [0.3, 0.4) is 0 Å². The van der Waals surface area contributed by atoms with Gasteiger partial charge in [0.15, 0.2) is 0 Å². The van der Waals surface area contributed by atoms with Gasteiger partial charge in [-0.3, -0.25) is 0 Å². The molecule has 0 fully saturated rings. The third kappa shape index (κ3) is 2.02. The van der Waals surface area contributed by atoms with Gasteiger partial charge >= 0.3 is 0 Å². The van der Waals surface area contributed by atoms with E-state index in [9.17, 15) is 0 Å². The summed E-state index contributed by atoms with van der Waals surface area (Å²) in [5.41, 5.74) is 2.41. The summed E-state index contributed by atoms with van der Waals surface area (Å²) >= 11 is 3.60. The van der Waals surface area contributed by atoms with Gasteiger partial charge in [-0.25, -0.2) is 0 Å². The standard InChI is InChI=1S/C15H13BrN2/c16-14-11-17-15(12-7-3-1-4-8-12)18(14)13-9-5-2-6-10-13/h1-11,15,17H. The minimum absolute atomic E-state index is 0.142. The van der Waals surface area contributed by atoms with Crippen LogP contribution in [-0.2, 0) is 0 Å². The lowest BCUT2D eigenvalue weighted by molar-refractivity contribution is 0.666. The highest BCUT2D eigenvalue weighted by molar-refractivity contribution is 9.11. The molecule has 1 N–H and O–H groups in total. The fourth-order valence-electron chi connectivity index (χ4n) is 2.16. The number of rotatable bonds is 2. The topological polar surface area (TPSA) is 15.3 Å². The molecule has 1 unspecified atom stereocenters. The Morgan fingerprint density at radius 1 is 0.889 bits per heavy atom. The SMILES string of the molecule is BrC1=CNC(c2ccccc2)N1c1ccccc1. The molecule has 18 heavy (non-hydrogen) atoms. The Labute approximate surface area is 115 Å². The first-order valence-electron chi connectivity index (χ1n) is 5.87. The van der Waals surface area contributed by atoms with Crippen LogP contribution in [0.4, 0.5) is 5.69 Å². The highest BCUT2D eigenvalue weighted by Crippen LogP contribution is 2.35.